The highest BCUT2D eigenvalue weighted by molar-refractivity contribution is 5.34. The molecule has 1 aromatic carbocycles. The number of nitro groups is 1. The number of nitrogens with zero attached hydrogens (tertiary/aromatic N) is 1. The quantitative estimate of drug-likeness (QED) is 0.668. The molecule has 1 saturated heterocycles. The van der Waals surface area contributed by atoms with Crippen molar-refractivity contribution in [1.29, 1.82) is 0 Å². The molecule has 114 valence electrons. The van der Waals surface area contributed by atoms with Crippen LogP contribution in [0.25, 0.3) is 0 Å². The van der Waals surface area contributed by atoms with Crippen molar-refractivity contribution in [1.82, 2.24) is 0 Å². The van der Waals surface area contributed by atoms with Gasteiger partial charge in [0.2, 0.25) is 0 Å². The summed E-state index contributed by atoms with van der Waals surface area (Å²) < 4.78 is 12.1. The van der Waals surface area contributed by atoms with Gasteiger partial charge in [0.05, 0.1) is 17.6 Å². The molecule has 2 aliphatic rings. The van der Waals surface area contributed by atoms with Crippen molar-refractivity contribution in [2.24, 2.45) is 5.73 Å². The van der Waals surface area contributed by atoms with Crippen LogP contribution in [-0.2, 0) is 9.47 Å². The topological polar surface area (TPSA) is 87.6 Å². The normalized spacial score (nSPS) is 28.4. The van der Waals surface area contributed by atoms with Crippen LogP contribution in [0.1, 0.15) is 43.8 Å². The van der Waals surface area contributed by atoms with Crippen molar-refractivity contribution in [3.8, 4) is 0 Å². The Morgan fingerprint density at radius 3 is 2.48 bits per heavy atom. The van der Waals surface area contributed by atoms with Gasteiger partial charge in [0.1, 0.15) is 6.10 Å². The zero-order chi connectivity index (χ0) is 14.9. The summed E-state index contributed by atoms with van der Waals surface area (Å²) >= 11 is 0. The van der Waals surface area contributed by atoms with Gasteiger partial charge >= 0.3 is 0 Å². The molecule has 2 N–H and O–H groups in total. The summed E-state index contributed by atoms with van der Waals surface area (Å²) in [6.07, 6.45) is 4.93. The number of hydrogen-bond donors (Lipinski definition) is 1. The van der Waals surface area contributed by atoms with Gasteiger partial charge in [0.25, 0.3) is 5.69 Å². The lowest BCUT2D eigenvalue weighted by molar-refractivity contribution is -0.384. The summed E-state index contributed by atoms with van der Waals surface area (Å²) in [5.41, 5.74) is 7.07. The molecule has 0 radical (unpaired) electrons. The Labute approximate surface area is 123 Å². The number of nitrogens with two attached hydrogens (primary N) is 1. The Hall–Kier alpha value is -1.50. The molecule has 2 fully saturated rings. The van der Waals surface area contributed by atoms with E-state index in [0.29, 0.717) is 6.61 Å². The minimum atomic E-state index is -0.513. The van der Waals surface area contributed by atoms with Gasteiger partial charge in [-0.2, -0.15) is 0 Å². The Morgan fingerprint density at radius 2 is 1.86 bits per heavy atom. The Kier molecular flexibility index (Phi) is 3.93. The van der Waals surface area contributed by atoms with Gasteiger partial charge in [0.15, 0.2) is 5.79 Å². The van der Waals surface area contributed by atoms with Crippen LogP contribution in [0.5, 0.6) is 0 Å². The molecule has 2 atom stereocenters. The second kappa shape index (κ2) is 5.71. The third kappa shape index (κ3) is 2.92. The maximum Gasteiger partial charge on any atom is 0.269 e. The third-order valence-corrected chi connectivity index (χ3v) is 4.32. The molecule has 1 aliphatic heterocycles. The van der Waals surface area contributed by atoms with E-state index in [2.05, 4.69) is 0 Å². The number of nitro benzene ring substituents is 1. The molecule has 1 spiro atoms. The van der Waals surface area contributed by atoms with E-state index in [-0.39, 0.29) is 17.8 Å². The SMILES string of the molecule is N[C@H]1COC2(CCCCC2)O[C@H]1c1ccc([N+](=O)[O-])cc1. The average molecular weight is 292 g/mol. The Morgan fingerprint density at radius 1 is 1.19 bits per heavy atom. The van der Waals surface area contributed by atoms with Gasteiger partial charge in [0, 0.05) is 25.0 Å². The molecule has 6 heteroatoms. The van der Waals surface area contributed by atoms with Crippen molar-refractivity contribution in [2.45, 2.75) is 50.0 Å². The molecule has 0 amide bonds. The minimum absolute atomic E-state index is 0.0757. The van der Waals surface area contributed by atoms with Crippen molar-refractivity contribution in [2.75, 3.05) is 6.61 Å². The lowest BCUT2D eigenvalue weighted by Crippen LogP contribution is -2.51. The minimum Gasteiger partial charge on any atom is -0.348 e. The van der Waals surface area contributed by atoms with Gasteiger partial charge < -0.3 is 15.2 Å². The fourth-order valence-corrected chi connectivity index (χ4v) is 3.14. The van der Waals surface area contributed by atoms with Crippen LogP contribution in [0.2, 0.25) is 0 Å². The molecule has 1 aliphatic carbocycles. The first-order valence-electron chi connectivity index (χ1n) is 7.41. The highest BCUT2D eigenvalue weighted by atomic mass is 16.7. The van der Waals surface area contributed by atoms with Crippen LogP contribution >= 0.6 is 0 Å². The fraction of sp³-hybridized carbons (Fsp3) is 0.600. The van der Waals surface area contributed by atoms with E-state index in [1.54, 1.807) is 12.1 Å². The molecule has 1 saturated carbocycles. The molecule has 0 aromatic heterocycles. The second-order valence-corrected chi connectivity index (χ2v) is 5.83. The lowest BCUT2D eigenvalue weighted by atomic mass is 9.91. The summed E-state index contributed by atoms with van der Waals surface area (Å²) in [5, 5.41) is 10.7. The predicted octanol–water partition coefficient (Wildman–Crippen LogP) is 2.67. The highest BCUT2D eigenvalue weighted by Crippen LogP contribution is 2.41. The summed E-state index contributed by atoms with van der Waals surface area (Å²) in [5.74, 6) is -0.513. The van der Waals surface area contributed by atoms with Crippen LogP contribution in [-0.4, -0.2) is 23.4 Å². The van der Waals surface area contributed by atoms with E-state index in [1.165, 1.54) is 18.6 Å². The zero-order valence-corrected chi connectivity index (χ0v) is 11.9. The van der Waals surface area contributed by atoms with E-state index in [9.17, 15) is 10.1 Å². The second-order valence-electron chi connectivity index (χ2n) is 5.83. The molecule has 3 rings (SSSR count). The Balaban J connectivity index is 1.80. The van der Waals surface area contributed by atoms with E-state index in [1.807, 2.05) is 0 Å². The first-order valence-corrected chi connectivity index (χ1v) is 7.41. The average Bonchev–Trinajstić information content (AvgIpc) is 2.51. The van der Waals surface area contributed by atoms with Crippen molar-refractivity contribution < 1.29 is 14.4 Å². The lowest BCUT2D eigenvalue weighted by Gasteiger charge is -2.45. The van der Waals surface area contributed by atoms with Gasteiger partial charge in [-0.15, -0.1) is 0 Å². The summed E-state index contributed by atoms with van der Waals surface area (Å²) in [6.45, 7) is 0.460. The number of ether oxygens (including phenoxy) is 2. The maximum atomic E-state index is 10.7. The number of hydrogen-bond acceptors (Lipinski definition) is 5. The van der Waals surface area contributed by atoms with Crippen molar-refractivity contribution in [3.05, 3.63) is 39.9 Å². The van der Waals surface area contributed by atoms with Crippen molar-refractivity contribution >= 4 is 5.69 Å². The highest BCUT2D eigenvalue weighted by Gasteiger charge is 2.43. The van der Waals surface area contributed by atoms with Gasteiger partial charge in [-0.1, -0.05) is 6.42 Å². The zero-order valence-electron chi connectivity index (χ0n) is 11.9. The van der Waals surface area contributed by atoms with Crippen LogP contribution in [0.15, 0.2) is 24.3 Å². The standard InChI is InChI=1S/C15H20N2O4/c16-13-10-20-15(8-2-1-3-9-15)21-14(13)11-4-6-12(7-5-11)17(18)19/h4-7,13-14H,1-3,8-10,16H2/t13-,14-/m0/s1. The third-order valence-electron chi connectivity index (χ3n) is 4.32. The number of benzene rings is 1. The molecular formula is C15H20N2O4. The molecule has 0 bridgehead atoms. The van der Waals surface area contributed by atoms with Gasteiger partial charge in [-0.25, -0.2) is 0 Å². The predicted molar refractivity (Wildman–Crippen MR) is 76.7 cm³/mol. The first-order chi connectivity index (χ1) is 10.1. The van der Waals surface area contributed by atoms with Crippen LogP contribution in [0.3, 0.4) is 0 Å². The van der Waals surface area contributed by atoms with Crippen LogP contribution in [0.4, 0.5) is 5.69 Å². The first kappa shape index (κ1) is 14.4. The molecule has 0 unspecified atom stereocenters. The van der Waals surface area contributed by atoms with E-state index in [4.69, 9.17) is 15.2 Å². The number of non-ortho nitro benzene ring substituents is 1. The van der Waals surface area contributed by atoms with E-state index >= 15 is 0 Å². The Bertz CT molecular complexity index is 511. The fourth-order valence-electron chi connectivity index (χ4n) is 3.14. The van der Waals surface area contributed by atoms with Gasteiger partial charge in [-0.05, 0) is 30.5 Å². The van der Waals surface area contributed by atoms with Gasteiger partial charge in [-0.3, -0.25) is 10.1 Å². The van der Waals surface area contributed by atoms with E-state index < -0.39 is 10.7 Å². The van der Waals surface area contributed by atoms with Crippen LogP contribution in [0, 0.1) is 10.1 Å². The molecule has 6 nitrogen and oxygen atoms in total. The van der Waals surface area contributed by atoms with Crippen molar-refractivity contribution in [3.63, 3.8) is 0 Å². The largest absolute Gasteiger partial charge is 0.348 e. The molecule has 21 heavy (non-hydrogen) atoms. The summed E-state index contributed by atoms with van der Waals surface area (Å²) in [6, 6.07) is 6.19. The maximum absolute atomic E-state index is 10.7. The summed E-state index contributed by atoms with van der Waals surface area (Å²) in [4.78, 5) is 10.3. The smallest absolute Gasteiger partial charge is 0.269 e. The number of rotatable bonds is 2. The van der Waals surface area contributed by atoms with E-state index in [0.717, 1.165) is 31.2 Å². The van der Waals surface area contributed by atoms with Crippen LogP contribution < -0.4 is 5.73 Å². The molecule has 1 aromatic rings. The molecule has 1 heterocycles. The molecular weight excluding hydrogens is 272 g/mol. The summed E-state index contributed by atoms with van der Waals surface area (Å²) in [7, 11) is 0. The monoisotopic (exact) mass is 292 g/mol.